The van der Waals surface area contributed by atoms with E-state index in [1.807, 2.05) is 30.5 Å². The largest absolute Gasteiger partial charge is 0.497 e. The highest BCUT2D eigenvalue weighted by molar-refractivity contribution is 7.80. The number of aromatic nitrogens is 2. The monoisotopic (exact) mass is 406 g/mol. The summed E-state index contributed by atoms with van der Waals surface area (Å²) in [5, 5.41) is 4.28. The van der Waals surface area contributed by atoms with E-state index in [1.165, 1.54) is 17.0 Å². The summed E-state index contributed by atoms with van der Waals surface area (Å²) in [6.07, 6.45) is 1.84. The van der Waals surface area contributed by atoms with E-state index in [9.17, 15) is 0 Å². The van der Waals surface area contributed by atoms with E-state index in [0.717, 1.165) is 28.8 Å². The Labute approximate surface area is 177 Å². The minimum absolute atomic E-state index is 0.0166. The van der Waals surface area contributed by atoms with E-state index in [0.29, 0.717) is 0 Å². The van der Waals surface area contributed by atoms with Crippen LogP contribution >= 0.6 is 12.2 Å². The highest BCUT2D eigenvalue weighted by Gasteiger charge is 2.40. The zero-order valence-electron chi connectivity index (χ0n) is 17.2. The van der Waals surface area contributed by atoms with Crippen LogP contribution in [0.5, 0.6) is 5.75 Å². The van der Waals surface area contributed by atoms with Crippen molar-refractivity contribution in [3.63, 3.8) is 0 Å². The molecule has 1 aliphatic rings. The molecule has 0 unspecified atom stereocenters. The normalized spacial score (nSPS) is 18.8. The number of rotatable bonds is 5. The van der Waals surface area contributed by atoms with Crippen LogP contribution in [-0.4, -0.2) is 33.2 Å². The highest BCUT2D eigenvalue weighted by atomic mass is 32.1. The Bertz CT molecular complexity index is 1030. The van der Waals surface area contributed by atoms with E-state index >= 15 is 0 Å². The van der Waals surface area contributed by atoms with Gasteiger partial charge in [0, 0.05) is 35.9 Å². The lowest BCUT2D eigenvalue weighted by molar-refractivity contribution is 0.329. The smallest absolute Gasteiger partial charge is 0.170 e. The Morgan fingerprint density at radius 3 is 2.66 bits per heavy atom. The maximum Gasteiger partial charge on any atom is 0.170 e. The molecule has 6 heteroatoms. The van der Waals surface area contributed by atoms with Gasteiger partial charge in [-0.1, -0.05) is 12.1 Å². The van der Waals surface area contributed by atoms with Crippen LogP contribution in [0.25, 0.3) is 5.69 Å². The summed E-state index contributed by atoms with van der Waals surface area (Å²) < 4.78 is 7.71. The van der Waals surface area contributed by atoms with E-state index in [2.05, 4.69) is 64.8 Å². The standard InChI is InChI=1S/C23H26N4OS/c1-5-26-22(21(25-23(26)29)20-11-6-7-12-24-20)19-13-15(2)27(16(19)3)17-9-8-10-18(14-17)28-4/h6-14,21-22H,5H2,1-4H3,(H,25,29)/t21-,22+/m0/s1. The number of aryl methyl sites for hydroxylation is 1. The summed E-state index contributed by atoms with van der Waals surface area (Å²) in [7, 11) is 1.70. The van der Waals surface area contributed by atoms with E-state index in [4.69, 9.17) is 17.0 Å². The van der Waals surface area contributed by atoms with Crippen molar-refractivity contribution in [3.05, 3.63) is 77.4 Å². The average molecular weight is 407 g/mol. The zero-order valence-corrected chi connectivity index (χ0v) is 18.0. The second-order valence-electron chi connectivity index (χ2n) is 7.28. The Balaban J connectivity index is 1.83. The molecule has 0 spiro atoms. The fourth-order valence-electron chi connectivity index (χ4n) is 4.32. The van der Waals surface area contributed by atoms with Gasteiger partial charge in [0.05, 0.1) is 24.9 Å². The lowest BCUT2D eigenvalue weighted by Crippen LogP contribution is -2.29. The minimum atomic E-state index is 0.0166. The average Bonchev–Trinajstić information content (AvgIpc) is 3.23. The summed E-state index contributed by atoms with van der Waals surface area (Å²) in [6.45, 7) is 7.29. The van der Waals surface area contributed by atoms with Crippen molar-refractivity contribution in [2.75, 3.05) is 13.7 Å². The molecule has 4 rings (SSSR count). The number of ether oxygens (including phenoxy) is 1. The van der Waals surface area contributed by atoms with Gasteiger partial charge in [0.15, 0.2) is 5.11 Å². The third kappa shape index (κ3) is 3.38. The zero-order chi connectivity index (χ0) is 20.5. The third-order valence-electron chi connectivity index (χ3n) is 5.64. The topological polar surface area (TPSA) is 42.3 Å². The quantitative estimate of drug-likeness (QED) is 0.633. The van der Waals surface area contributed by atoms with Crippen molar-refractivity contribution in [1.82, 2.24) is 19.8 Å². The van der Waals surface area contributed by atoms with Gasteiger partial charge in [0.25, 0.3) is 0 Å². The maximum absolute atomic E-state index is 5.67. The number of nitrogens with one attached hydrogen (secondary N) is 1. The van der Waals surface area contributed by atoms with Crippen LogP contribution in [-0.2, 0) is 0 Å². The van der Waals surface area contributed by atoms with Crippen LogP contribution in [0.15, 0.2) is 54.7 Å². The summed E-state index contributed by atoms with van der Waals surface area (Å²) >= 11 is 5.67. The first-order valence-corrected chi connectivity index (χ1v) is 10.3. The molecular formula is C23H26N4OS. The van der Waals surface area contributed by atoms with E-state index in [-0.39, 0.29) is 12.1 Å². The Kier molecular flexibility index (Phi) is 5.28. The van der Waals surface area contributed by atoms with Gasteiger partial charge in [-0.15, -0.1) is 0 Å². The summed E-state index contributed by atoms with van der Waals surface area (Å²) in [5.74, 6) is 0.849. The Morgan fingerprint density at radius 2 is 1.97 bits per heavy atom. The molecule has 1 aliphatic heterocycles. The van der Waals surface area contributed by atoms with Gasteiger partial charge in [0.1, 0.15) is 5.75 Å². The van der Waals surface area contributed by atoms with Gasteiger partial charge < -0.3 is 19.5 Å². The maximum atomic E-state index is 5.67. The Hall–Kier alpha value is -2.86. The number of pyridine rings is 1. The predicted octanol–water partition coefficient (Wildman–Crippen LogP) is 4.49. The number of nitrogens with zero attached hydrogens (tertiary/aromatic N) is 3. The highest BCUT2D eigenvalue weighted by Crippen LogP contribution is 2.41. The third-order valence-corrected chi connectivity index (χ3v) is 5.99. The molecule has 150 valence electrons. The molecule has 0 radical (unpaired) electrons. The number of thiocarbonyl (C=S) groups is 1. The first-order chi connectivity index (χ1) is 14.0. The molecular weight excluding hydrogens is 380 g/mol. The van der Waals surface area contributed by atoms with Gasteiger partial charge >= 0.3 is 0 Å². The molecule has 0 bridgehead atoms. The number of hydrogen-bond donors (Lipinski definition) is 1. The van der Waals surface area contributed by atoms with Crippen LogP contribution in [0.2, 0.25) is 0 Å². The van der Waals surface area contributed by atoms with Crippen molar-refractivity contribution < 1.29 is 4.74 Å². The molecule has 2 aromatic heterocycles. The molecule has 0 amide bonds. The van der Waals surface area contributed by atoms with Crippen molar-refractivity contribution in [2.45, 2.75) is 32.9 Å². The molecule has 1 saturated heterocycles. The van der Waals surface area contributed by atoms with Gasteiger partial charge in [-0.3, -0.25) is 4.98 Å². The number of benzene rings is 1. The van der Waals surface area contributed by atoms with Gasteiger partial charge in [-0.25, -0.2) is 0 Å². The van der Waals surface area contributed by atoms with E-state index < -0.39 is 0 Å². The molecule has 1 fully saturated rings. The number of likely N-dealkylation sites (N-methyl/N-ethyl adjacent to an activating group) is 1. The summed E-state index contributed by atoms with van der Waals surface area (Å²) in [6, 6.07) is 16.6. The second-order valence-corrected chi connectivity index (χ2v) is 7.66. The van der Waals surface area contributed by atoms with Gasteiger partial charge in [-0.2, -0.15) is 0 Å². The molecule has 29 heavy (non-hydrogen) atoms. The van der Waals surface area contributed by atoms with Crippen molar-refractivity contribution >= 4 is 17.3 Å². The van der Waals surface area contributed by atoms with Crippen LogP contribution < -0.4 is 10.1 Å². The molecule has 1 aromatic carbocycles. The molecule has 5 nitrogen and oxygen atoms in total. The summed E-state index contributed by atoms with van der Waals surface area (Å²) in [5.41, 5.74) is 5.74. The van der Waals surface area contributed by atoms with Gasteiger partial charge in [-0.05, 0) is 68.9 Å². The molecule has 2 atom stereocenters. The Morgan fingerprint density at radius 1 is 1.14 bits per heavy atom. The van der Waals surface area contributed by atoms with Gasteiger partial charge in [0.2, 0.25) is 0 Å². The number of hydrogen-bond acceptors (Lipinski definition) is 3. The van der Waals surface area contributed by atoms with Crippen LogP contribution in [0.4, 0.5) is 0 Å². The SMILES string of the molecule is CCN1C(=S)N[C@@H](c2ccccn2)[C@H]1c1cc(C)n(-c2cccc(OC)c2)c1C. The van der Waals surface area contributed by atoms with Crippen molar-refractivity contribution in [2.24, 2.45) is 0 Å². The number of methoxy groups -OCH3 is 1. The fraction of sp³-hybridized carbons (Fsp3) is 0.304. The van der Waals surface area contributed by atoms with Crippen LogP contribution in [0.1, 0.15) is 41.7 Å². The molecule has 0 aliphatic carbocycles. The fourth-order valence-corrected chi connectivity index (χ4v) is 4.69. The van der Waals surface area contributed by atoms with Crippen molar-refractivity contribution in [1.29, 1.82) is 0 Å². The lowest BCUT2D eigenvalue weighted by Gasteiger charge is -2.27. The first-order valence-electron chi connectivity index (χ1n) is 9.86. The molecule has 3 heterocycles. The molecule has 1 N–H and O–H groups in total. The second kappa shape index (κ2) is 7.87. The molecule has 0 saturated carbocycles. The van der Waals surface area contributed by atoms with Crippen LogP contribution in [0, 0.1) is 13.8 Å². The van der Waals surface area contributed by atoms with Crippen LogP contribution in [0.3, 0.4) is 0 Å². The lowest BCUT2D eigenvalue weighted by atomic mass is 9.97. The minimum Gasteiger partial charge on any atom is -0.497 e. The molecule has 3 aromatic rings. The first kappa shape index (κ1) is 19.5. The summed E-state index contributed by atoms with van der Waals surface area (Å²) in [4.78, 5) is 6.86. The van der Waals surface area contributed by atoms with E-state index in [1.54, 1.807) is 7.11 Å². The predicted molar refractivity (Wildman–Crippen MR) is 120 cm³/mol. The van der Waals surface area contributed by atoms with Crippen molar-refractivity contribution in [3.8, 4) is 11.4 Å².